The van der Waals surface area contributed by atoms with Crippen molar-refractivity contribution in [3.8, 4) is 0 Å². The zero-order valence-corrected chi connectivity index (χ0v) is 7.10. The summed E-state index contributed by atoms with van der Waals surface area (Å²) in [5, 5.41) is 0.639. The van der Waals surface area contributed by atoms with E-state index in [1.54, 1.807) is 6.33 Å². The molecule has 1 aliphatic carbocycles. The SMILES string of the molecule is CC1CCc2ncnc(Cl)c21. The minimum Gasteiger partial charge on any atom is -0.241 e. The van der Waals surface area contributed by atoms with E-state index >= 15 is 0 Å². The number of halogens is 1. The van der Waals surface area contributed by atoms with Crippen molar-refractivity contribution in [2.75, 3.05) is 0 Å². The molecule has 0 aromatic carbocycles. The Balaban J connectivity index is 2.58. The molecular weight excluding hydrogens is 160 g/mol. The third-order valence-corrected chi connectivity index (χ3v) is 2.53. The van der Waals surface area contributed by atoms with Crippen LogP contribution in [-0.4, -0.2) is 9.97 Å². The van der Waals surface area contributed by atoms with Crippen molar-refractivity contribution in [1.82, 2.24) is 9.97 Å². The lowest BCUT2D eigenvalue weighted by Gasteiger charge is -2.03. The zero-order chi connectivity index (χ0) is 7.84. The lowest BCUT2D eigenvalue weighted by Crippen LogP contribution is -1.93. The largest absolute Gasteiger partial charge is 0.241 e. The Morgan fingerprint density at radius 3 is 3.09 bits per heavy atom. The number of rotatable bonds is 0. The van der Waals surface area contributed by atoms with Gasteiger partial charge in [-0.3, -0.25) is 0 Å². The van der Waals surface area contributed by atoms with Crippen LogP contribution in [0.1, 0.15) is 30.5 Å². The fourth-order valence-electron chi connectivity index (χ4n) is 1.59. The van der Waals surface area contributed by atoms with E-state index in [0.29, 0.717) is 11.1 Å². The predicted molar refractivity (Wildman–Crippen MR) is 43.8 cm³/mol. The Hall–Kier alpha value is -0.630. The molecule has 0 bridgehead atoms. The lowest BCUT2D eigenvalue weighted by molar-refractivity contribution is 0.745. The van der Waals surface area contributed by atoms with Gasteiger partial charge in [-0.05, 0) is 18.8 Å². The number of hydrogen-bond donors (Lipinski definition) is 0. The van der Waals surface area contributed by atoms with Crippen molar-refractivity contribution in [2.24, 2.45) is 0 Å². The highest BCUT2D eigenvalue weighted by Crippen LogP contribution is 2.34. The molecule has 11 heavy (non-hydrogen) atoms. The molecule has 0 fully saturated rings. The van der Waals surface area contributed by atoms with Gasteiger partial charge in [-0.15, -0.1) is 0 Å². The monoisotopic (exact) mass is 168 g/mol. The van der Waals surface area contributed by atoms with Crippen molar-refractivity contribution in [3.63, 3.8) is 0 Å². The molecule has 0 radical (unpaired) electrons. The van der Waals surface area contributed by atoms with Crippen LogP contribution in [0.15, 0.2) is 6.33 Å². The molecule has 0 amide bonds. The topological polar surface area (TPSA) is 25.8 Å². The quantitative estimate of drug-likeness (QED) is 0.555. The van der Waals surface area contributed by atoms with Crippen LogP contribution in [0.2, 0.25) is 5.15 Å². The van der Waals surface area contributed by atoms with E-state index in [9.17, 15) is 0 Å². The molecule has 0 spiro atoms. The summed E-state index contributed by atoms with van der Waals surface area (Å²) in [5.41, 5.74) is 2.30. The van der Waals surface area contributed by atoms with Crippen LogP contribution in [-0.2, 0) is 6.42 Å². The van der Waals surface area contributed by atoms with E-state index in [0.717, 1.165) is 24.1 Å². The summed E-state index contributed by atoms with van der Waals surface area (Å²) in [7, 11) is 0. The second-order valence-corrected chi connectivity index (χ2v) is 3.32. The highest BCUT2D eigenvalue weighted by Gasteiger charge is 2.22. The van der Waals surface area contributed by atoms with Crippen molar-refractivity contribution >= 4 is 11.6 Å². The average molecular weight is 169 g/mol. The molecule has 1 heterocycles. The summed E-state index contributed by atoms with van der Waals surface area (Å²) >= 11 is 5.91. The number of hydrogen-bond acceptors (Lipinski definition) is 2. The molecule has 2 rings (SSSR count). The molecule has 2 nitrogen and oxygen atoms in total. The summed E-state index contributed by atoms with van der Waals surface area (Å²) in [6.07, 6.45) is 3.76. The van der Waals surface area contributed by atoms with E-state index in [-0.39, 0.29) is 0 Å². The Labute approximate surface area is 70.6 Å². The fraction of sp³-hybridized carbons (Fsp3) is 0.500. The minimum absolute atomic E-state index is 0.540. The van der Waals surface area contributed by atoms with Crippen LogP contribution in [0.5, 0.6) is 0 Å². The fourth-order valence-corrected chi connectivity index (χ4v) is 1.93. The molecule has 0 saturated carbocycles. The van der Waals surface area contributed by atoms with Gasteiger partial charge in [0, 0.05) is 11.3 Å². The Morgan fingerprint density at radius 2 is 2.36 bits per heavy atom. The first-order valence-corrected chi connectivity index (χ1v) is 4.16. The van der Waals surface area contributed by atoms with Gasteiger partial charge in [0.25, 0.3) is 0 Å². The second-order valence-electron chi connectivity index (χ2n) is 2.96. The lowest BCUT2D eigenvalue weighted by atomic mass is 10.1. The first-order chi connectivity index (χ1) is 5.29. The Morgan fingerprint density at radius 1 is 1.55 bits per heavy atom. The number of aryl methyl sites for hydroxylation is 1. The maximum Gasteiger partial charge on any atom is 0.136 e. The van der Waals surface area contributed by atoms with Gasteiger partial charge in [-0.2, -0.15) is 0 Å². The summed E-state index contributed by atoms with van der Waals surface area (Å²) in [4.78, 5) is 8.13. The molecule has 1 unspecified atom stereocenters. The summed E-state index contributed by atoms with van der Waals surface area (Å²) in [6, 6.07) is 0. The average Bonchev–Trinajstić information content (AvgIpc) is 2.34. The minimum atomic E-state index is 0.540. The third-order valence-electron chi connectivity index (χ3n) is 2.22. The van der Waals surface area contributed by atoms with Gasteiger partial charge in [0.1, 0.15) is 11.5 Å². The van der Waals surface area contributed by atoms with Crippen molar-refractivity contribution < 1.29 is 0 Å². The molecule has 1 aromatic heterocycles. The van der Waals surface area contributed by atoms with Crippen LogP contribution < -0.4 is 0 Å². The van der Waals surface area contributed by atoms with E-state index in [2.05, 4.69) is 16.9 Å². The highest BCUT2D eigenvalue weighted by molar-refractivity contribution is 6.30. The van der Waals surface area contributed by atoms with E-state index in [4.69, 9.17) is 11.6 Å². The molecule has 0 saturated heterocycles. The standard InChI is InChI=1S/C8H9ClN2/c1-5-2-3-6-7(5)8(9)11-4-10-6/h4-5H,2-3H2,1H3. The summed E-state index contributed by atoms with van der Waals surface area (Å²) in [6.45, 7) is 2.17. The number of aromatic nitrogens is 2. The molecular formula is C8H9ClN2. The molecule has 0 N–H and O–H groups in total. The summed E-state index contributed by atoms with van der Waals surface area (Å²) < 4.78 is 0. The van der Waals surface area contributed by atoms with Crippen molar-refractivity contribution in [3.05, 3.63) is 22.7 Å². The van der Waals surface area contributed by atoms with Gasteiger partial charge in [0.2, 0.25) is 0 Å². The molecule has 58 valence electrons. The zero-order valence-electron chi connectivity index (χ0n) is 6.34. The van der Waals surface area contributed by atoms with Crippen LogP contribution in [0.3, 0.4) is 0 Å². The third kappa shape index (κ3) is 1.02. The molecule has 0 aliphatic heterocycles. The number of nitrogens with zero attached hydrogens (tertiary/aromatic N) is 2. The van der Waals surface area contributed by atoms with Crippen molar-refractivity contribution in [2.45, 2.75) is 25.7 Å². The van der Waals surface area contributed by atoms with E-state index in [1.807, 2.05) is 0 Å². The van der Waals surface area contributed by atoms with Gasteiger partial charge in [-0.1, -0.05) is 18.5 Å². The van der Waals surface area contributed by atoms with Crippen LogP contribution in [0.4, 0.5) is 0 Å². The molecule has 1 aromatic rings. The van der Waals surface area contributed by atoms with Gasteiger partial charge >= 0.3 is 0 Å². The second kappa shape index (κ2) is 2.45. The smallest absolute Gasteiger partial charge is 0.136 e. The Bertz CT molecular complexity index is 285. The van der Waals surface area contributed by atoms with Gasteiger partial charge < -0.3 is 0 Å². The predicted octanol–water partition coefficient (Wildman–Crippen LogP) is 2.18. The molecule has 1 aliphatic rings. The maximum atomic E-state index is 5.91. The van der Waals surface area contributed by atoms with Crippen LogP contribution >= 0.6 is 11.6 Å². The van der Waals surface area contributed by atoms with Crippen LogP contribution in [0, 0.1) is 0 Å². The van der Waals surface area contributed by atoms with E-state index in [1.165, 1.54) is 0 Å². The van der Waals surface area contributed by atoms with E-state index < -0.39 is 0 Å². The Kier molecular flexibility index (Phi) is 1.57. The first-order valence-electron chi connectivity index (χ1n) is 3.78. The van der Waals surface area contributed by atoms with Crippen molar-refractivity contribution in [1.29, 1.82) is 0 Å². The van der Waals surface area contributed by atoms with Gasteiger partial charge in [0.15, 0.2) is 0 Å². The normalized spacial score (nSPS) is 21.8. The molecule has 1 atom stereocenters. The summed E-state index contributed by atoms with van der Waals surface area (Å²) in [5.74, 6) is 0.540. The van der Waals surface area contributed by atoms with Gasteiger partial charge in [0.05, 0.1) is 0 Å². The molecule has 3 heteroatoms. The number of fused-ring (bicyclic) bond motifs is 1. The maximum absolute atomic E-state index is 5.91. The van der Waals surface area contributed by atoms with Crippen LogP contribution in [0.25, 0.3) is 0 Å². The highest BCUT2D eigenvalue weighted by atomic mass is 35.5. The van der Waals surface area contributed by atoms with Gasteiger partial charge in [-0.25, -0.2) is 9.97 Å². The first kappa shape index (κ1) is 7.04.